The standard InChI is InChI=1S/C49H53IN4O6/c1-49-29-50(17-18-54(49)42-26-35-24-36(23-34-10-16-44(56)51-48(34)59)47(58)41(35)27-43(42)60-30-49)28-45(57)53-21-19-52(20-22-53)37-11-7-32(8-12-37)46-39(31-5-3-2-4-6-31)14-9-33-25-38(55)13-15-40(33)46/h2-8,11-13,15,25-27,34,36,39,46,55H,9-10,14,16-24,28-30H2,1H3,(H,51,56,59)/t34?,36?,39-,46+,49+/m1/s1. The van der Waals surface area contributed by atoms with Crippen LogP contribution in [0.5, 0.6) is 11.5 Å². The number of aryl methyl sites for hydroxylation is 1. The second-order valence-electron chi connectivity index (χ2n) is 18.0. The average molecular weight is 921 g/mol. The van der Waals surface area contributed by atoms with Gasteiger partial charge in [-0.15, -0.1) is 0 Å². The minimum atomic E-state index is -1.62. The quantitative estimate of drug-likeness (QED) is 0.117. The van der Waals surface area contributed by atoms with Crippen molar-refractivity contribution in [3.05, 3.63) is 118 Å². The molecule has 3 saturated heterocycles. The van der Waals surface area contributed by atoms with E-state index in [9.17, 15) is 24.3 Å². The van der Waals surface area contributed by atoms with E-state index in [1.807, 2.05) is 18.2 Å². The maximum absolute atomic E-state index is 13.8. The number of carbonyl (C=O) groups excluding carboxylic acids is 4. The third-order valence-corrected chi connectivity index (χ3v) is 20.6. The van der Waals surface area contributed by atoms with E-state index in [-0.39, 0.29) is 40.9 Å². The summed E-state index contributed by atoms with van der Waals surface area (Å²) in [6, 6.07) is 29.8. The minimum absolute atomic E-state index is 0.0697. The van der Waals surface area contributed by atoms with Crippen molar-refractivity contribution in [2.45, 2.75) is 62.8 Å². The molecule has 0 aromatic heterocycles. The number of piperidine rings is 1. The summed E-state index contributed by atoms with van der Waals surface area (Å²) >= 11 is -1.62. The van der Waals surface area contributed by atoms with Crippen LogP contribution in [0, 0.1) is 11.8 Å². The number of piperazine rings is 1. The Kier molecular flexibility index (Phi) is 10.4. The predicted octanol–water partition coefficient (Wildman–Crippen LogP) is 6.88. The molecule has 2 unspecified atom stereocenters. The van der Waals surface area contributed by atoms with Crippen molar-refractivity contribution >= 4 is 54.7 Å². The number of rotatable bonds is 7. The number of ketones is 1. The zero-order chi connectivity index (χ0) is 41.1. The van der Waals surface area contributed by atoms with Gasteiger partial charge in [0.25, 0.3) is 0 Å². The van der Waals surface area contributed by atoms with Crippen molar-refractivity contribution in [1.82, 2.24) is 10.2 Å². The van der Waals surface area contributed by atoms with Crippen LogP contribution in [0.25, 0.3) is 0 Å². The number of fused-ring (bicyclic) bond motifs is 5. The molecule has 10 rings (SSSR count). The summed E-state index contributed by atoms with van der Waals surface area (Å²) < 4.78 is 9.19. The van der Waals surface area contributed by atoms with Gasteiger partial charge in [0.2, 0.25) is 5.91 Å². The number of amides is 3. The molecule has 2 N–H and O–H groups in total. The number of benzene rings is 4. The molecule has 5 atom stereocenters. The molecule has 0 spiro atoms. The predicted molar refractivity (Wildman–Crippen MR) is 241 cm³/mol. The Bertz CT molecular complexity index is 2350. The third-order valence-electron chi connectivity index (χ3n) is 14.1. The summed E-state index contributed by atoms with van der Waals surface area (Å²) in [7, 11) is 0. The molecule has 4 aromatic carbocycles. The van der Waals surface area contributed by atoms with Gasteiger partial charge in [-0.3, -0.25) is 4.79 Å². The van der Waals surface area contributed by atoms with E-state index in [1.165, 1.54) is 27.9 Å². The molecule has 312 valence electrons. The van der Waals surface area contributed by atoms with E-state index in [0.717, 1.165) is 71.4 Å². The Morgan fingerprint density at radius 2 is 1.67 bits per heavy atom. The van der Waals surface area contributed by atoms with E-state index in [1.54, 1.807) is 0 Å². The molecule has 4 aliphatic heterocycles. The van der Waals surface area contributed by atoms with Gasteiger partial charge in [-0.2, -0.15) is 0 Å². The Balaban J connectivity index is 0.750. The normalized spacial score (nSPS) is 26.7. The first kappa shape index (κ1) is 39.2. The third kappa shape index (κ3) is 7.34. The number of imide groups is 1. The van der Waals surface area contributed by atoms with E-state index in [2.05, 4.69) is 93.7 Å². The molecule has 2 aliphatic carbocycles. The van der Waals surface area contributed by atoms with Crippen LogP contribution in [0.4, 0.5) is 11.4 Å². The van der Waals surface area contributed by atoms with Gasteiger partial charge in [0.05, 0.1) is 0 Å². The van der Waals surface area contributed by atoms with Crippen LogP contribution in [0.3, 0.4) is 0 Å². The fraction of sp³-hybridized carbons (Fsp3) is 0.429. The first-order chi connectivity index (χ1) is 29.1. The summed E-state index contributed by atoms with van der Waals surface area (Å²) in [5.74, 6) is 0.968. The number of phenolic OH excluding ortho intramolecular Hbond substituents is 1. The topological polar surface area (TPSA) is 119 Å². The van der Waals surface area contributed by atoms with Crippen LogP contribution in [-0.2, 0) is 27.2 Å². The van der Waals surface area contributed by atoms with Crippen LogP contribution in [0.2, 0.25) is 0 Å². The van der Waals surface area contributed by atoms with Gasteiger partial charge in [-0.05, 0) is 36.1 Å². The van der Waals surface area contributed by atoms with Crippen LogP contribution in [-0.4, -0.2) is 91.7 Å². The Hall–Kier alpha value is -4.91. The van der Waals surface area contributed by atoms with Crippen molar-refractivity contribution in [2.75, 3.05) is 62.4 Å². The first-order valence-corrected chi connectivity index (χ1v) is 26.2. The number of hydrogen-bond donors (Lipinski definition) is 2. The number of ether oxygens (including phenoxy) is 1. The zero-order valence-electron chi connectivity index (χ0n) is 34.2. The van der Waals surface area contributed by atoms with E-state index in [4.69, 9.17) is 4.74 Å². The molecule has 4 heterocycles. The first-order valence-electron chi connectivity index (χ1n) is 21.6. The number of anilines is 2. The molecular formula is C49H53IN4O6. The van der Waals surface area contributed by atoms with Crippen LogP contribution < -0.4 is 19.9 Å². The molecule has 3 fully saturated rings. The van der Waals surface area contributed by atoms with Gasteiger partial charge >= 0.3 is 267 Å². The molecular weight excluding hydrogens is 867 g/mol. The molecule has 0 radical (unpaired) electrons. The van der Waals surface area contributed by atoms with Gasteiger partial charge in [0.15, 0.2) is 0 Å². The van der Waals surface area contributed by atoms with Gasteiger partial charge in [-0.25, -0.2) is 0 Å². The Morgan fingerprint density at radius 1 is 0.867 bits per heavy atom. The van der Waals surface area contributed by atoms with E-state index >= 15 is 0 Å². The molecule has 0 bridgehead atoms. The molecule has 3 amide bonds. The maximum atomic E-state index is 13.8. The number of alkyl halides is 3. The fourth-order valence-corrected chi connectivity index (χ4v) is 17.5. The fourth-order valence-electron chi connectivity index (χ4n) is 10.9. The van der Waals surface area contributed by atoms with Crippen molar-refractivity contribution in [3.8, 4) is 11.5 Å². The average Bonchev–Trinajstić information content (AvgIpc) is 3.56. The number of Topliss-reactive ketones (excluding diaryl/α,β-unsaturated/α-hetero) is 1. The second-order valence-corrected chi connectivity index (χ2v) is 23.8. The monoisotopic (exact) mass is 920 g/mol. The number of carbonyl (C=O) groups is 4. The number of aromatic hydroxyl groups is 1. The molecule has 11 heteroatoms. The van der Waals surface area contributed by atoms with Crippen LogP contribution >= 0.6 is 19.8 Å². The van der Waals surface area contributed by atoms with Gasteiger partial charge in [-0.1, -0.05) is 36.4 Å². The second kappa shape index (κ2) is 15.8. The summed E-state index contributed by atoms with van der Waals surface area (Å²) in [4.78, 5) is 58.4. The SMILES string of the molecule is C[C@]12COc3cc4c(cc3N1CCI(CC(=O)N1CCN(c3ccc([C@@H]5c6ccc(O)cc6CC[C@@H]5c5ccccc5)cc3)CC1)C2)CC(CC1CCC(=O)NC1=O)C4=O. The van der Waals surface area contributed by atoms with Gasteiger partial charge in [0.1, 0.15) is 5.75 Å². The molecule has 4 aromatic rings. The summed E-state index contributed by atoms with van der Waals surface area (Å²) in [5, 5.41) is 12.7. The number of nitrogens with zero attached hydrogens (tertiary/aromatic N) is 3. The van der Waals surface area contributed by atoms with Gasteiger partial charge in [0, 0.05) is 0 Å². The molecule has 6 aliphatic rings. The summed E-state index contributed by atoms with van der Waals surface area (Å²) in [6.45, 7) is 6.79. The number of halogens is 1. The van der Waals surface area contributed by atoms with Crippen molar-refractivity contribution in [2.24, 2.45) is 11.8 Å². The zero-order valence-corrected chi connectivity index (χ0v) is 36.4. The number of phenols is 1. The van der Waals surface area contributed by atoms with E-state index < -0.39 is 19.8 Å². The number of nitrogens with one attached hydrogen (secondary N) is 1. The van der Waals surface area contributed by atoms with Crippen LogP contribution in [0.15, 0.2) is 84.9 Å². The summed E-state index contributed by atoms with van der Waals surface area (Å²) in [5.41, 5.74) is 8.95. The Morgan fingerprint density at radius 3 is 2.45 bits per heavy atom. The molecule has 0 saturated carbocycles. The number of hydrogen-bond acceptors (Lipinski definition) is 8. The van der Waals surface area contributed by atoms with E-state index in [0.29, 0.717) is 59.9 Å². The van der Waals surface area contributed by atoms with Crippen molar-refractivity contribution in [1.29, 1.82) is 0 Å². The van der Waals surface area contributed by atoms with Crippen molar-refractivity contribution in [3.63, 3.8) is 0 Å². The van der Waals surface area contributed by atoms with Crippen molar-refractivity contribution < 1.29 is 29.0 Å². The van der Waals surface area contributed by atoms with Gasteiger partial charge < -0.3 is 5.11 Å². The van der Waals surface area contributed by atoms with Crippen LogP contribution in [0.1, 0.15) is 82.6 Å². The summed E-state index contributed by atoms with van der Waals surface area (Å²) in [6.07, 6.45) is 3.88. The molecule has 10 nitrogen and oxygen atoms in total. The Labute approximate surface area is 359 Å². The molecule has 60 heavy (non-hydrogen) atoms.